The van der Waals surface area contributed by atoms with E-state index < -0.39 is 11.7 Å². The van der Waals surface area contributed by atoms with Crippen LogP contribution in [0.3, 0.4) is 0 Å². The second-order valence-electron chi connectivity index (χ2n) is 5.08. The van der Waals surface area contributed by atoms with E-state index in [4.69, 9.17) is 4.74 Å². The lowest BCUT2D eigenvalue weighted by Gasteiger charge is -2.23. The van der Waals surface area contributed by atoms with Crippen LogP contribution in [-0.4, -0.2) is 34.7 Å². The predicted octanol–water partition coefficient (Wildman–Crippen LogP) is 2.19. The van der Waals surface area contributed by atoms with Crippen molar-refractivity contribution in [1.82, 2.24) is 5.32 Å². The predicted molar refractivity (Wildman–Crippen MR) is 75.7 cm³/mol. The van der Waals surface area contributed by atoms with Gasteiger partial charge in [0.2, 0.25) is 0 Å². The molecule has 0 heterocycles. The van der Waals surface area contributed by atoms with Crippen molar-refractivity contribution in [2.24, 2.45) is 0 Å². The van der Waals surface area contributed by atoms with Gasteiger partial charge in [-0.3, -0.25) is 0 Å². The zero-order chi connectivity index (χ0) is 13.9. The van der Waals surface area contributed by atoms with Gasteiger partial charge in [-0.15, -0.1) is 0 Å². The highest BCUT2D eigenvalue weighted by Crippen LogP contribution is 2.26. The minimum absolute atomic E-state index is 0.0595. The van der Waals surface area contributed by atoms with Crippen molar-refractivity contribution in [3.8, 4) is 0 Å². The monoisotopic (exact) mass is 367 g/mol. The van der Waals surface area contributed by atoms with Crippen LogP contribution in [0.15, 0.2) is 11.6 Å². The van der Waals surface area contributed by atoms with Gasteiger partial charge in [0.25, 0.3) is 0 Å². The first kappa shape index (κ1) is 15.3. The summed E-state index contributed by atoms with van der Waals surface area (Å²) in [6.07, 6.45) is 1.82. The Morgan fingerprint density at radius 2 is 2.06 bits per heavy atom. The minimum atomic E-state index is -0.526. The number of esters is 1. The maximum atomic E-state index is 11.6. The van der Waals surface area contributed by atoms with Crippen molar-refractivity contribution >= 4 is 34.7 Å². The van der Waals surface area contributed by atoms with Crippen LogP contribution in [0.5, 0.6) is 0 Å². The van der Waals surface area contributed by atoms with Crippen LogP contribution in [0, 0.1) is 0 Å². The molecule has 0 fully saturated rings. The number of alkyl carbamates (subject to hydrolysis) is 1. The smallest absolute Gasteiger partial charge is 0.407 e. The molecule has 1 aliphatic rings. The fourth-order valence-electron chi connectivity index (χ4n) is 1.60. The Morgan fingerprint density at radius 3 is 2.56 bits per heavy atom. The summed E-state index contributed by atoms with van der Waals surface area (Å²) in [4.78, 5) is 23.0. The van der Waals surface area contributed by atoms with E-state index in [1.807, 2.05) is 6.08 Å². The van der Waals surface area contributed by atoms with Crippen molar-refractivity contribution in [2.75, 3.05) is 7.11 Å². The number of amides is 1. The first-order valence-corrected chi connectivity index (χ1v) is 6.90. The van der Waals surface area contributed by atoms with Crippen LogP contribution in [0.4, 0.5) is 4.79 Å². The topological polar surface area (TPSA) is 64.6 Å². The van der Waals surface area contributed by atoms with Crippen LogP contribution in [0.1, 0.15) is 27.2 Å². The molecule has 0 unspecified atom stereocenters. The molecule has 1 rings (SSSR count). The average Bonchev–Trinajstić information content (AvgIpc) is 2.56. The summed E-state index contributed by atoms with van der Waals surface area (Å²) in [5.74, 6) is -0.342. The molecule has 0 aliphatic heterocycles. The Labute approximate surface area is 120 Å². The van der Waals surface area contributed by atoms with Crippen LogP contribution in [-0.2, 0) is 14.3 Å². The van der Waals surface area contributed by atoms with Crippen molar-refractivity contribution < 1.29 is 19.1 Å². The van der Waals surface area contributed by atoms with E-state index in [9.17, 15) is 9.59 Å². The Hall–Kier alpha value is -0.790. The Balaban J connectivity index is 2.52. The van der Waals surface area contributed by atoms with E-state index in [-0.39, 0.29) is 15.9 Å². The molecule has 6 heteroatoms. The van der Waals surface area contributed by atoms with E-state index in [1.165, 1.54) is 7.11 Å². The van der Waals surface area contributed by atoms with Gasteiger partial charge < -0.3 is 14.8 Å². The molecule has 5 nitrogen and oxygen atoms in total. The van der Waals surface area contributed by atoms with Crippen molar-refractivity contribution in [2.45, 2.75) is 42.8 Å². The number of carbonyl (C=O) groups excluding carboxylic acids is 2. The van der Waals surface area contributed by atoms with E-state index in [0.717, 1.165) is 0 Å². The second kappa shape index (κ2) is 5.90. The molecule has 0 saturated carbocycles. The summed E-state index contributed by atoms with van der Waals surface area (Å²) in [5, 5.41) is 2.77. The van der Waals surface area contributed by atoms with Crippen LogP contribution < -0.4 is 5.32 Å². The molecule has 0 aromatic carbocycles. The first-order chi connectivity index (χ1) is 8.23. The zero-order valence-corrected chi connectivity index (χ0v) is 13.1. The zero-order valence-electron chi connectivity index (χ0n) is 11.0. The molecule has 1 aliphatic carbocycles. The number of alkyl halides is 1. The van der Waals surface area contributed by atoms with Gasteiger partial charge in [-0.1, -0.05) is 28.7 Å². The number of rotatable bonds is 2. The summed E-state index contributed by atoms with van der Waals surface area (Å²) in [5.41, 5.74) is 0.0696. The van der Waals surface area contributed by atoms with Gasteiger partial charge in [-0.2, -0.15) is 0 Å². The lowest BCUT2D eigenvalue weighted by molar-refractivity contribution is -0.136. The molecule has 0 saturated heterocycles. The summed E-state index contributed by atoms with van der Waals surface area (Å²) >= 11 is 2.18. The molecular formula is C12H18INO4. The number of methoxy groups -OCH3 is 1. The third-order valence-corrected chi connectivity index (χ3v) is 3.56. The third kappa shape index (κ3) is 4.47. The summed E-state index contributed by atoms with van der Waals surface area (Å²) in [7, 11) is 1.35. The van der Waals surface area contributed by atoms with Gasteiger partial charge in [0, 0.05) is 12.0 Å². The minimum Gasteiger partial charge on any atom is -0.466 e. The number of halogens is 1. The second-order valence-corrected chi connectivity index (χ2v) is 6.52. The van der Waals surface area contributed by atoms with Gasteiger partial charge in [0.05, 0.1) is 17.1 Å². The van der Waals surface area contributed by atoms with Crippen molar-refractivity contribution in [3.63, 3.8) is 0 Å². The number of carbonyl (C=O) groups is 2. The highest BCUT2D eigenvalue weighted by atomic mass is 127. The maximum Gasteiger partial charge on any atom is 0.407 e. The standard InChI is InChI=1S/C12H18INO4/c1-12(2,3)18-11(16)14-9-6-7(5-8(9)13)10(15)17-4/h5,8-9H,6H2,1-4H3,(H,14,16)/t8-,9+/m1/s1. The lowest BCUT2D eigenvalue weighted by Crippen LogP contribution is -2.41. The molecule has 0 aromatic heterocycles. The Bertz CT molecular complexity index is 373. The highest BCUT2D eigenvalue weighted by molar-refractivity contribution is 14.1. The average molecular weight is 367 g/mol. The molecule has 0 aromatic rings. The van der Waals surface area contributed by atoms with Crippen LogP contribution in [0.25, 0.3) is 0 Å². The molecule has 2 atom stereocenters. The molecular weight excluding hydrogens is 349 g/mol. The Morgan fingerprint density at radius 1 is 1.44 bits per heavy atom. The van der Waals surface area contributed by atoms with Crippen LogP contribution in [0.2, 0.25) is 0 Å². The summed E-state index contributed by atoms with van der Waals surface area (Å²) in [6, 6.07) is -0.130. The quantitative estimate of drug-likeness (QED) is 0.462. The number of nitrogens with one attached hydrogen (secondary N) is 1. The largest absolute Gasteiger partial charge is 0.466 e. The Kier molecular flexibility index (Phi) is 5.01. The van der Waals surface area contributed by atoms with Gasteiger partial charge in [-0.05, 0) is 20.8 Å². The van der Waals surface area contributed by atoms with E-state index in [0.29, 0.717) is 12.0 Å². The molecule has 0 bridgehead atoms. The van der Waals surface area contributed by atoms with Gasteiger partial charge in [-0.25, -0.2) is 9.59 Å². The van der Waals surface area contributed by atoms with E-state index in [2.05, 4.69) is 32.6 Å². The number of hydrogen-bond acceptors (Lipinski definition) is 4. The third-order valence-electron chi connectivity index (χ3n) is 2.33. The number of hydrogen-bond donors (Lipinski definition) is 1. The molecule has 1 N–H and O–H groups in total. The first-order valence-electron chi connectivity index (χ1n) is 5.65. The lowest BCUT2D eigenvalue weighted by atomic mass is 10.2. The van der Waals surface area contributed by atoms with Gasteiger partial charge in [0.15, 0.2) is 0 Å². The molecule has 102 valence electrons. The molecule has 0 spiro atoms. The fourth-order valence-corrected chi connectivity index (χ4v) is 2.47. The van der Waals surface area contributed by atoms with Crippen molar-refractivity contribution in [3.05, 3.63) is 11.6 Å². The fraction of sp³-hybridized carbons (Fsp3) is 0.667. The highest BCUT2D eigenvalue weighted by Gasteiger charge is 2.31. The van der Waals surface area contributed by atoms with Crippen LogP contribution >= 0.6 is 22.6 Å². The molecule has 18 heavy (non-hydrogen) atoms. The summed E-state index contributed by atoms with van der Waals surface area (Å²) < 4.78 is 9.90. The van der Waals surface area contributed by atoms with E-state index >= 15 is 0 Å². The normalized spacial score (nSPS) is 23.3. The van der Waals surface area contributed by atoms with Crippen molar-refractivity contribution in [1.29, 1.82) is 0 Å². The SMILES string of the molecule is COC(=O)C1=C[C@@H](I)[C@@H](NC(=O)OC(C)(C)C)C1. The number of ether oxygens (including phenoxy) is 2. The van der Waals surface area contributed by atoms with E-state index in [1.54, 1.807) is 20.8 Å². The molecule has 0 radical (unpaired) electrons. The van der Waals surface area contributed by atoms with Gasteiger partial charge in [0.1, 0.15) is 5.60 Å². The maximum absolute atomic E-state index is 11.6. The van der Waals surface area contributed by atoms with Gasteiger partial charge >= 0.3 is 12.1 Å². The summed E-state index contributed by atoms with van der Waals surface area (Å²) in [6.45, 7) is 5.42. The molecule has 1 amide bonds.